The minimum absolute atomic E-state index is 0.707. The highest BCUT2D eigenvalue weighted by molar-refractivity contribution is 7.99. The lowest BCUT2D eigenvalue weighted by molar-refractivity contribution is 0.771. The van der Waals surface area contributed by atoms with Crippen LogP contribution in [0.3, 0.4) is 0 Å². The van der Waals surface area contributed by atoms with Crippen LogP contribution in [0.1, 0.15) is 33.9 Å². The van der Waals surface area contributed by atoms with Crippen LogP contribution in [-0.2, 0) is 12.8 Å². The first-order valence-corrected chi connectivity index (χ1v) is 10.5. The normalized spacial score (nSPS) is 10.8. The zero-order valence-corrected chi connectivity index (χ0v) is 17.5. The maximum atomic E-state index is 4.81. The zero-order chi connectivity index (χ0) is 20.1. The lowest BCUT2D eigenvalue weighted by atomic mass is 10.0. The molecule has 0 aliphatic heterocycles. The van der Waals surface area contributed by atoms with Crippen molar-refractivity contribution in [3.05, 3.63) is 113 Å². The Morgan fingerprint density at radius 1 is 0.586 bits per heavy atom. The average molecular weight is 398 g/mol. The van der Waals surface area contributed by atoms with Crippen LogP contribution in [0, 0.1) is 13.8 Å². The number of rotatable bonds is 6. The van der Waals surface area contributed by atoms with Gasteiger partial charge in [0.1, 0.15) is 11.6 Å². The number of benzene rings is 3. The fourth-order valence-corrected chi connectivity index (χ4v) is 4.01. The molecule has 29 heavy (non-hydrogen) atoms. The van der Waals surface area contributed by atoms with Crippen LogP contribution in [0.5, 0.6) is 0 Å². The summed E-state index contributed by atoms with van der Waals surface area (Å²) in [7, 11) is 0. The molecular weight excluding hydrogens is 374 g/mol. The first-order valence-electron chi connectivity index (χ1n) is 9.73. The number of hydrogen-bond donors (Lipinski definition) is 0. The minimum atomic E-state index is 0.707. The molecule has 4 rings (SSSR count). The molecule has 0 atom stereocenters. The van der Waals surface area contributed by atoms with Crippen molar-refractivity contribution in [3.8, 4) is 0 Å². The van der Waals surface area contributed by atoms with Gasteiger partial charge in [0.2, 0.25) is 0 Å². The number of nitrogens with zero attached hydrogens (tertiary/aromatic N) is 3. The molecule has 0 fully saturated rings. The molecule has 0 N–H and O–H groups in total. The number of aryl methyl sites for hydroxylation is 2. The molecular formula is C25H23N3S. The molecule has 144 valence electrons. The fourth-order valence-electron chi connectivity index (χ4n) is 3.20. The third-order valence-electron chi connectivity index (χ3n) is 4.88. The van der Waals surface area contributed by atoms with Crippen LogP contribution in [0.4, 0.5) is 0 Å². The van der Waals surface area contributed by atoms with E-state index in [-0.39, 0.29) is 0 Å². The van der Waals surface area contributed by atoms with Gasteiger partial charge in [0.05, 0.1) is 0 Å². The van der Waals surface area contributed by atoms with Gasteiger partial charge in [-0.3, -0.25) is 0 Å². The Morgan fingerprint density at radius 2 is 1.07 bits per heavy atom. The number of aromatic nitrogens is 3. The van der Waals surface area contributed by atoms with E-state index in [1.54, 1.807) is 11.8 Å². The van der Waals surface area contributed by atoms with Crippen molar-refractivity contribution in [1.82, 2.24) is 15.0 Å². The smallest absolute Gasteiger partial charge is 0.195 e. The maximum Gasteiger partial charge on any atom is 0.195 e. The van der Waals surface area contributed by atoms with Gasteiger partial charge in [0.25, 0.3) is 0 Å². The molecule has 0 aliphatic carbocycles. The highest BCUT2D eigenvalue weighted by atomic mass is 32.2. The van der Waals surface area contributed by atoms with Crippen molar-refractivity contribution in [3.63, 3.8) is 0 Å². The molecule has 0 saturated carbocycles. The molecule has 0 spiro atoms. The summed E-state index contributed by atoms with van der Waals surface area (Å²) in [5.74, 6) is 1.63. The van der Waals surface area contributed by atoms with Crippen molar-refractivity contribution >= 4 is 11.8 Å². The van der Waals surface area contributed by atoms with E-state index in [9.17, 15) is 0 Å². The molecule has 4 heteroatoms. The molecule has 0 saturated heterocycles. The van der Waals surface area contributed by atoms with Crippen LogP contribution < -0.4 is 0 Å². The summed E-state index contributed by atoms with van der Waals surface area (Å²) in [4.78, 5) is 15.5. The Hall–Kier alpha value is -2.98. The molecule has 1 heterocycles. The lowest BCUT2D eigenvalue weighted by Gasteiger charge is -2.10. The van der Waals surface area contributed by atoms with E-state index < -0.39 is 0 Å². The first kappa shape index (κ1) is 19.3. The van der Waals surface area contributed by atoms with Gasteiger partial charge < -0.3 is 0 Å². The van der Waals surface area contributed by atoms with Gasteiger partial charge in [-0.1, -0.05) is 66.7 Å². The highest BCUT2D eigenvalue weighted by Crippen LogP contribution is 2.25. The van der Waals surface area contributed by atoms with E-state index in [1.165, 1.54) is 22.3 Å². The maximum absolute atomic E-state index is 4.81. The predicted octanol–water partition coefficient (Wildman–Crippen LogP) is 5.82. The summed E-state index contributed by atoms with van der Waals surface area (Å²) in [5.41, 5.74) is 5.00. The summed E-state index contributed by atoms with van der Waals surface area (Å²) in [6, 6.07) is 27.0. The third kappa shape index (κ3) is 5.09. The van der Waals surface area contributed by atoms with Gasteiger partial charge in [0.15, 0.2) is 5.16 Å². The minimum Gasteiger partial charge on any atom is -0.217 e. The zero-order valence-electron chi connectivity index (χ0n) is 16.7. The molecule has 0 unspecified atom stereocenters. The molecule has 0 bridgehead atoms. The van der Waals surface area contributed by atoms with E-state index in [1.807, 2.05) is 18.2 Å². The van der Waals surface area contributed by atoms with E-state index in [2.05, 4.69) is 74.5 Å². The van der Waals surface area contributed by atoms with Crippen molar-refractivity contribution < 1.29 is 0 Å². The Labute approximate surface area is 176 Å². The quantitative estimate of drug-likeness (QED) is 0.411. The molecule has 3 aromatic carbocycles. The van der Waals surface area contributed by atoms with E-state index >= 15 is 0 Å². The second kappa shape index (κ2) is 9.01. The number of hydrogen-bond acceptors (Lipinski definition) is 4. The highest BCUT2D eigenvalue weighted by Gasteiger charge is 2.11. The van der Waals surface area contributed by atoms with Crippen LogP contribution in [-0.4, -0.2) is 15.0 Å². The van der Waals surface area contributed by atoms with Gasteiger partial charge in [0, 0.05) is 17.7 Å². The standard InChI is InChI=1S/C25H23N3S/c1-18-10-6-8-12-20(18)16-23-26-24(17-21-13-9-7-11-19(21)2)28-25(27-23)29-22-14-4-3-5-15-22/h3-15H,16-17H2,1-2H3. The Balaban J connectivity index is 1.68. The molecule has 1 aromatic heterocycles. The van der Waals surface area contributed by atoms with Crippen molar-refractivity contribution in [1.29, 1.82) is 0 Å². The summed E-state index contributed by atoms with van der Waals surface area (Å²) >= 11 is 1.58. The van der Waals surface area contributed by atoms with E-state index in [0.29, 0.717) is 12.8 Å². The van der Waals surface area contributed by atoms with Crippen LogP contribution >= 0.6 is 11.8 Å². The van der Waals surface area contributed by atoms with Crippen molar-refractivity contribution in [2.24, 2.45) is 0 Å². The van der Waals surface area contributed by atoms with Gasteiger partial charge >= 0.3 is 0 Å². The van der Waals surface area contributed by atoms with Gasteiger partial charge in [-0.05, 0) is 60.0 Å². The summed E-state index contributed by atoms with van der Waals surface area (Å²) in [6.07, 6.45) is 1.41. The van der Waals surface area contributed by atoms with Crippen molar-refractivity contribution in [2.75, 3.05) is 0 Å². The van der Waals surface area contributed by atoms with Gasteiger partial charge in [-0.25, -0.2) is 15.0 Å². The van der Waals surface area contributed by atoms with Crippen LogP contribution in [0.15, 0.2) is 88.9 Å². The van der Waals surface area contributed by atoms with Gasteiger partial charge in [-0.2, -0.15) is 0 Å². The average Bonchev–Trinajstić information content (AvgIpc) is 2.72. The summed E-state index contributed by atoms with van der Waals surface area (Å²) in [5, 5.41) is 0.748. The fraction of sp³-hybridized carbons (Fsp3) is 0.160. The molecule has 0 radical (unpaired) electrons. The van der Waals surface area contributed by atoms with Crippen LogP contribution in [0.2, 0.25) is 0 Å². The monoisotopic (exact) mass is 397 g/mol. The molecule has 0 aliphatic rings. The first-order chi connectivity index (χ1) is 14.2. The second-order valence-corrected chi connectivity index (χ2v) is 8.11. The molecule has 3 nitrogen and oxygen atoms in total. The summed E-state index contributed by atoms with van der Waals surface area (Å²) < 4.78 is 0. The van der Waals surface area contributed by atoms with E-state index in [0.717, 1.165) is 21.7 Å². The lowest BCUT2D eigenvalue weighted by Crippen LogP contribution is -2.07. The SMILES string of the molecule is Cc1ccccc1Cc1nc(Cc2ccccc2C)nc(Sc2ccccc2)n1. The Morgan fingerprint density at radius 3 is 1.59 bits per heavy atom. The van der Waals surface area contributed by atoms with Crippen LogP contribution in [0.25, 0.3) is 0 Å². The predicted molar refractivity (Wildman–Crippen MR) is 118 cm³/mol. The molecule has 0 amide bonds. The van der Waals surface area contributed by atoms with Crippen molar-refractivity contribution in [2.45, 2.75) is 36.7 Å². The summed E-state index contributed by atoms with van der Waals surface area (Å²) in [6.45, 7) is 4.26. The Kier molecular flexibility index (Phi) is 6.01. The van der Waals surface area contributed by atoms with E-state index in [4.69, 9.17) is 15.0 Å². The topological polar surface area (TPSA) is 38.7 Å². The molecule has 4 aromatic rings. The van der Waals surface area contributed by atoms with Gasteiger partial charge in [-0.15, -0.1) is 0 Å². The third-order valence-corrected chi connectivity index (χ3v) is 5.75. The second-order valence-electron chi connectivity index (χ2n) is 7.07. The largest absolute Gasteiger partial charge is 0.217 e. The Bertz CT molecular complexity index is 1040.